The summed E-state index contributed by atoms with van der Waals surface area (Å²) < 4.78 is 0. The highest BCUT2D eigenvalue weighted by atomic mass is 32.1. The Kier molecular flexibility index (Phi) is 4.59. The lowest BCUT2D eigenvalue weighted by Crippen LogP contribution is -2.40. The number of hydrogen-bond donors (Lipinski definition) is 3. The normalized spacial score (nSPS) is 15.9. The molecule has 110 valence electrons. The van der Waals surface area contributed by atoms with E-state index < -0.39 is 5.97 Å². The van der Waals surface area contributed by atoms with Crippen molar-refractivity contribution in [1.29, 1.82) is 0 Å². The molecule has 1 aliphatic carbocycles. The van der Waals surface area contributed by atoms with Gasteiger partial charge in [0.05, 0.1) is 12.1 Å². The zero-order valence-electron chi connectivity index (χ0n) is 11.5. The number of rotatable bonds is 6. The molecule has 6 nitrogen and oxygen atoms in total. The molecule has 1 unspecified atom stereocenters. The molecule has 2 rings (SSSR count). The Balaban J connectivity index is 1.88. The highest BCUT2D eigenvalue weighted by molar-refractivity contribution is 7.13. The Bertz CT molecular complexity index is 497. The first-order valence-electron chi connectivity index (χ1n) is 6.70. The van der Waals surface area contributed by atoms with Gasteiger partial charge in [-0.2, -0.15) is 0 Å². The van der Waals surface area contributed by atoms with Crippen molar-refractivity contribution in [3.63, 3.8) is 0 Å². The van der Waals surface area contributed by atoms with E-state index >= 15 is 0 Å². The largest absolute Gasteiger partial charge is 0.481 e. The first-order chi connectivity index (χ1) is 9.45. The molecule has 3 N–H and O–H groups in total. The molecule has 0 spiro atoms. The van der Waals surface area contributed by atoms with Crippen LogP contribution in [0.3, 0.4) is 0 Å². The highest BCUT2D eigenvalue weighted by Gasteiger charge is 2.33. The second-order valence-electron chi connectivity index (χ2n) is 5.37. The summed E-state index contributed by atoms with van der Waals surface area (Å²) >= 11 is 1.37. The second-order valence-corrected chi connectivity index (χ2v) is 6.23. The number of aromatic nitrogens is 1. The van der Waals surface area contributed by atoms with E-state index in [-0.39, 0.29) is 18.5 Å². The molecule has 0 radical (unpaired) electrons. The van der Waals surface area contributed by atoms with Gasteiger partial charge in [-0.15, -0.1) is 11.3 Å². The number of nitrogens with zero attached hydrogens (tertiary/aromatic N) is 1. The lowest BCUT2D eigenvalue weighted by Gasteiger charge is -2.15. The minimum atomic E-state index is -0.890. The molecule has 0 aromatic carbocycles. The maximum atomic E-state index is 11.9. The Morgan fingerprint density at radius 3 is 2.70 bits per heavy atom. The molecule has 2 amide bonds. The molecule has 1 saturated carbocycles. The van der Waals surface area contributed by atoms with Gasteiger partial charge in [0, 0.05) is 11.4 Å². The standard InChI is InChI=1S/C13H19N3O3S/c1-7(2)10-6-20-13(15-10)16-12(19)14-9(5-11(17)18)8-3-4-8/h6-9H,3-5H2,1-2H3,(H,17,18)(H2,14,15,16,19). The second kappa shape index (κ2) is 6.21. The number of nitrogens with one attached hydrogen (secondary N) is 2. The van der Waals surface area contributed by atoms with Gasteiger partial charge < -0.3 is 10.4 Å². The third-order valence-electron chi connectivity index (χ3n) is 3.24. The van der Waals surface area contributed by atoms with Crippen LogP contribution >= 0.6 is 11.3 Å². The Morgan fingerprint density at radius 1 is 1.50 bits per heavy atom. The van der Waals surface area contributed by atoms with Crippen molar-refractivity contribution in [1.82, 2.24) is 10.3 Å². The van der Waals surface area contributed by atoms with Gasteiger partial charge >= 0.3 is 12.0 Å². The van der Waals surface area contributed by atoms with Crippen molar-refractivity contribution in [2.75, 3.05) is 5.32 Å². The van der Waals surface area contributed by atoms with Gasteiger partial charge in [-0.3, -0.25) is 10.1 Å². The summed E-state index contributed by atoms with van der Waals surface area (Å²) in [5.41, 5.74) is 0.939. The summed E-state index contributed by atoms with van der Waals surface area (Å²) in [6.45, 7) is 4.07. The van der Waals surface area contributed by atoms with Gasteiger partial charge in [0.15, 0.2) is 5.13 Å². The summed E-state index contributed by atoms with van der Waals surface area (Å²) in [6, 6.07) is -0.676. The van der Waals surface area contributed by atoms with Crippen LogP contribution in [0.5, 0.6) is 0 Å². The van der Waals surface area contributed by atoms with Crippen LogP contribution in [0.15, 0.2) is 5.38 Å². The van der Waals surface area contributed by atoms with E-state index in [1.54, 1.807) is 0 Å². The first-order valence-corrected chi connectivity index (χ1v) is 7.58. The van der Waals surface area contributed by atoms with Gasteiger partial charge in [-0.1, -0.05) is 13.8 Å². The molecule has 1 aliphatic rings. The number of urea groups is 1. The van der Waals surface area contributed by atoms with E-state index in [9.17, 15) is 9.59 Å². The Hall–Kier alpha value is -1.63. The molecular weight excluding hydrogens is 278 g/mol. The number of anilines is 1. The van der Waals surface area contributed by atoms with Crippen LogP contribution in [0.4, 0.5) is 9.93 Å². The van der Waals surface area contributed by atoms with Crippen LogP contribution in [-0.4, -0.2) is 28.1 Å². The molecule has 1 atom stereocenters. The van der Waals surface area contributed by atoms with Crippen LogP contribution in [0.25, 0.3) is 0 Å². The quantitative estimate of drug-likeness (QED) is 0.752. The minimum absolute atomic E-state index is 0.0345. The van der Waals surface area contributed by atoms with Gasteiger partial charge in [-0.05, 0) is 24.7 Å². The molecular formula is C13H19N3O3S. The fraction of sp³-hybridized carbons (Fsp3) is 0.615. The van der Waals surface area contributed by atoms with Crippen molar-refractivity contribution in [2.45, 2.75) is 45.1 Å². The van der Waals surface area contributed by atoms with Crippen molar-refractivity contribution < 1.29 is 14.7 Å². The predicted molar refractivity (Wildman–Crippen MR) is 77.1 cm³/mol. The number of carbonyl (C=O) groups excluding carboxylic acids is 1. The molecule has 1 aromatic heterocycles. The van der Waals surface area contributed by atoms with Gasteiger partial charge in [0.2, 0.25) is 0 Å². The smallest absolute Gasteiger partial charge is 0.321 e. The fourth-order valence-corrected chi connectivity index (χ4v) is 2.80. The summed E-state index contributed by atoms with van der Waals surface area (Å²) in [5, 5.41) is 16.7. The third-order valence-corrected chi connectivity index (χ3v) is 4.01. The molecule has 7 heteroatoms. The average Bonchev–Trinajstić information content (AvgIpc) is 3.08. The molecule has 0 saturated heterocycles. The lowest BCUT2D eigenvalue weighted by molar-refractivity contribution is -0.137. The number of hydrogen-bond acceptors (Lipinski definition) is 4. The van der Waals surface area contributed by atoms with Crippen molar-refractivity contribution in [3.8, 4) is 0 Å². The van der Waals surface area contributed by atoms with Gasteiger partial charge in [0.25, 0.3) is 0 Å². The highest BCUT2D eigenvalue weighted by Crippen LogP contribution is 2.34. The molecule has 1 aromatic rings. The molecule has 0 aliphatic heterocycles. The third kappa shape index (κ3) is 4.19. The SMILES string of the molecule is CC(C)c1csc(NC(=O)NC(CC(=O)O)C2CC2)n1. The maximum Gasteiger partial charge on any atom is 0.321 e. The number of carboxylic acid groups (broad SMARTS) is 1. The topological polar surface area (TPSA) is 91.3 Å². The zero-order valence-corrected chi connectivity index (χ0v) is 12.4. The maximum absolute atomic E-state index is 11.9. The van der Waals surface area contributed by atoms with Gasteiger partial charge in [-0.25, -0.2) is 9.78 Å². The number of carboxylic acids is 1. The molecule has 20 heavy (non-hydrogen) atoms. The first kappa shape index (κ1) is 14.8. The Labute approximate surface area is 121 Å². The van der Waals surface area contributed by atoms with Crippen LogP contribution < -0.4 is 10.6 Å². The zero-order chi connectivity index (χ0) is 14.7. The van der Waals surface area contributed by atoms with Gasteiger partial charge in [0.1, 0.15) is 0 Å². The Morgan fingerprint density at radius 2 is 2.20 bits per heavy atom. The fourth-order valence-electron chi connectivity index (χ4n) is 1.93. The lowest BCUT2D eigenvalue weighted by atomic mass is 10.1. The molecule has 0 bridgehead atoms. The minimum Gasteiger partial charge on any atom is -0.481 e. The van der Waals surface area contributed by atoms with E-state index in [1.807, 2.05) is 19.2 Å². The van der Waals surface area contributed by atoms with Crippen molar-refractivity contribution >= 4 is 28.5 Å². The predicted octanol–water partition coefficient (Wildman–Crippen LogP) is 2.64. The van der Waals surface area contributed by atoms with E-state index in [1.165, 1.54) is 11.3 Å². The van der Waals surface area contributed by atoms with Crippen LogP contribution in [-0.2, 0) is 4.79 Å². The number of thiazole rings is 1. The number of amides is 2. The summed E-state index contributed by atoms with van der Waals surface area (Å²) in [7, 11) is 0. The van der Waals surface area contributed by atoms with E-state index in [2.05, 4.69) is 15.6 Å². The number of aliphatic carboxylic acids is 1. The number of carbonyl (C=O) groups is 2. The molecule has 1 fully saturated rings. The van der Waals surface area contributed by atoms with Crippen molar-refractivity contribution in [2.24, 2.45) is 5.92 Å². The van der Waals surface area contributed by atoms with Crippen LogP contribution in [0.2, 0.25) is 0 Å². The van der Waals surface area contributed by atoms with Crippen molar-refractivity contribution in [3.05, 3.63) is 11.1 Å². The van der Waals surface area contributed by atoms with E-state index in [4.69, 9.17) is 5.11 Å². The average molecular weight is 297 g/mol. The monoisotopic (exact) mass is 297 g/mol. The summed E-state index contributed by atoms with van der Waals surface area (Å²) in [5.74, 6) is -0.283. The summed E-state index contributed by atoms with van der Waals surface area (Å²) in [4.78, 5) is 27.0. The summed E-state index contributed by atoms with van der Waals surface area (Å²) in [6.07, 6.45) is 1.92. The van der Waals surface area contributed by atoms with E-state index in [0.717, 1.165) is 18.5 Å². The van der Waals surface area contributed by atoms with Crippen LogP contribution in [0, 0.1) is 5.92 Å². The van der Waals surface area contributed by atoms with Crippen LogP contribution in [0.1, 0.15) is 44.7 Å². The molecule has 1 heterocycles. The van der Waals surface area contributed by atoms with E-state index in [0.29, 0.717) is 17.0 Å².